The Labute approximate surface area is 259 Å². The molecule has 0 aliphatic heterocycles. The fraction of sp³-hybridized carbons (Fsp3) is 0.235. The fourth-order valence-corrected chi connectivity index (χ4v) is 6.40. The lowest BCUT2D eigenvalue weighted by Gasteiger charge is -2.34. The number of anilines is 1. The molecule has 0 aliphatic carbocycles. The molecule has 224 valence electrons. The molecule has 0 radical (unpaired) electrons. The molecular weight excluding hydrogens is 582 g/mol. The van der Waals surface area contributed by atoms with E-state index in [4.69, 9.17) is 11.6 Å². The first-order chi connectivity index (χ1) is 20.6. The number of carbonyl (C=O) groups is 2. The molecule has 0 saturated carbocycles. The summed E-state index contributed by atoms with van der Waals surface area (Å²) in [5.41, 5.74) is 3.71. The second-order valence-electron chi connectivity index (χ2n) is 10.3. The third-order valence-corrected chi connectivity index (χ3v) is 9.47. The van der Waals surface area contributed by atoms with Crippen LogP contribution >= 0.6 is 11.6 Å². The summed E-state index contributed by atoms with van der Waals surface area (Å²) >= 11 is 6.43. The zero-order valence-electron chi connectivity index (χ0n) is 24.5. The number of amides is 2. The van der Waals surface area contributed by atoms with Gasteiger partial charge in [0, 0.05) is 24.5 Å². The first kappa shape index (κ1) is 31.8. The smallest absolute Gasteiger partial charge is 0.264 e. The van der Waals surface area contributed by atoms with Crippen LogP contribution in [0.1, 0.15) is 29.2 Å². The minimum Gasteiger partial charge on any atom is -0.355 e. The number of nitrogens with zero attached hydrogens (tertiary/aromatic N) is 2. The Bertz CT molecular complexity index is 1660. The number of aryl methyl sites for hydroxylation is 2. The van der Waals surface area contributed by atoms with Gasteiger partial charge in [0.25, 0.3) is 10.0 Å². The Balaban J connectivity index is 1.81. The summed E-state index contributed by atoms with van der Waals surface area (Å²) in [6.45, 7) is 5.54. The summed E-state index contributed by atoms with van der Waals surface area (Å²) in [6.07, 6.45) is 0.256. The van der Waals surface area contributed by atoms with Crippen LogP contribution < -0.4 is 9.62 Å². The first-order valence-corrected chi connectivity index (χ1v) is 15.9. The highest BCUT2D eigenvalue weighted by molar-refractivity contribution is 7.92. The number of nitrogens with one attached hydrogen (secondary N) is 1. The van der Waals surface area contributed by atoms with Gasteiger partial charge in [0.15, 0.2) is 0 Å². The van der Waals surface area contributed by atoms with Gasteiger partial charge in [-0.25, -0.2) is 8.42 Å². The molecule has 0 heterocycles. The number of benzene rings is 4. The summed E-state index contributed by atoms with van der Waals surface area (Å²) in [4.78, 5) is 29.5. The van der Waals surface area contributed by atoms with Crippen LogP contribution in [0, 0.1) is 13.8 Å². The second-order valence-corrected chi connectivity index (χ2v) is 12.6. The number of halogens is 1. The van der Waals surface area contributed by atoms with E-state index in [0.717, 1.165) is 26.6 Å². The van der Waals surface area contributed by atoms with Gasteiger partial charge in [0.1, 0.15) is 12.6 Å². The minimum absolute atomic E-state index is 0.0366. The number of hydrogen-bond donors (Lipinski definition) is 1. The van der Waals surface area contributed by atoms with Crippen molar-refractivity contribution in [3.8, 4) is 0 Å². The molecule has 4 rings (SSSR count). The van der Waals surface area contributed by atoms with Crippen molar-refractivity contribution in [3.05, 3.63) is 130 Å². The van der Waals surface area contributed by atoms with Crippen molar-refractivity contribution in [2.45, 2.75) is 44.7 Å². The fourth-order valence-electron chi connectivity index (χ4n) is 4.80. The Hall–Kier alpha value is -4.14. The minimum atomic E-state index is -4.18. The van der Waals surface area contributed by atoms with E-state index in [1.807, 2.05) is 75.4 Å². The number of carbonyl (C=O) groups excluding carboxylic acids is 2. The van der Waals surface area contributed by atoms with E-state index >= 15 is 0 Å². The first-order valence-electron chi connectivity index (χ1n) is 14.1. The monoisotopic (exact) mass is 617 g/mol. The van der Waals surface area contributed by atoms with Crippen LogP contribution in [0.5, 0.6) is 0 Å². The molecule has 1 unspecified atom stereocenters. The topological polar surface area (TPSA) is 86.8 Å². The van der Waals surface area contributed by atoms with E-state index < -0.39 is 28.5 Å². The Kier molecular flexibility index (Phi) is 10.6. The Morgan fingerprint density at radius 1 is 0.837 bits per heavy atom. The largest absolute Gasteiger partial charge is 0.355 e. The van der Waals surface area contributed by atoms with Crippen molar-refractivity contribution in [1.82, 2.24) is 10.2 Å². The lowest BCUT2D eigenvalue weighted by atomic mass is 10.0. The summed E-state index contributed by atoms with van der Waals surface area (Å²) in [7, 11) is -4.18. The highest BCUT2D eigenvalue weighted by Crippen LogP contribution is 2.29. The van der Waals surface area contributed by atoms with Crippen molar-refractivity contribution in [3.63, 3.8) is 0 Å². The van der Waals surface area contributed by atoms with E-state index in [1.165, 1.54) is 17.0 Å². The van der Waals surface area contributed by atoms with Crippen molar-refractivity contribution < 1.29 is 18.0 Å². The molecule has 1 atom stereocenters. The van der Waals surface area contributed by atoms with Gasteiger partial charge in [0.05, 0.1) is 10.6 Å². The molecule has 0 fully saturated rings. The van der Waals surface area contributed by atoms with Crippen LogP contribution in [0.15, 0.2) is 108 Å². The normalized spacial score (nSPS) is 11.9. The molecule has 2 amide bonds. The van der Waals surface area contributed by atoms with Crippen molar-refractivity contribution >= 4 is 39.1 Å². The highest BCUT2D eigenvalue weighted by atomic mass is 35.5. The van der Waals surface area contributed by atoms with Crippen LogP contribution in [0.25, 0.3) is 0 Å². The van der Waals surface area contributed by atoms with Gasteiger partial charge >= 0.3 is 0 Å². The van der Waals surface area contributed by atoms with Crippen LogP contribution in [0.2, 0.25) is 5.02 Å². The number of sulfonamides is 1. The Morgan fingerprint density at radius 2 is 1.47 bits per heavy atom. The maximum atomic E-state index is 14.4. The predicted octanol–water partition coefficient (Wildman–Crippen LogP) is 5.93. The third-order valence-electron chi connectivity index (χ3n) is 7.28. The summed E-state index contributed by atoms with van der Waals surface area (Å²) in [6, 6.07) is 29.1. The van der Waals surface area contributed by atoms with Gasteiger partial charge in [-0.3, -0.25) is 13.9 Å². The lowest BCUT2D eigenvalue weighted by Crippen LogP contribution is -2.53. The molecular formula is C34H36ClN3O4S. The third kappa shape index (κ3) is 7.83. The molecule has 9 heteroatoms. The zero-order chi connectivity index (χ0) is 31.0. The maximum absolute atomic E-state index is 14.4. The van der Waals surface area contributed by atoms with E-state index in [9.17, 15) is 18.0 Å². The lowest BCUT2D eigenvalue weighted by molar-refractivity contribution is -0.140. The van der Waals surface area contributed by atoms with Gasteiger partial charge in [-0.05, 0) is 67.3 Å². The van der Waals surface area contributed by atoms with Gasteiger partial charge < -0.3 is 10.2 Å². The molecule has 0 spiro atoms. The average molecular weight is 618 g/mol. The van der Waals surface area contributed by atoms with Gasteiger partial charge in [-0.1, -0.05) is 90.5 Å². The number of rotatable bonds is 12. The SMILES string of the molecule is CCNC(=O)C(Cc1ccccc1)N(Cc1ccccc1C)C(=O)CN(c1ccc(C)c(Cl)c1)S(=O)(=O)c1ccccc1. The van der Waals surface area contributed by atoms with Crippen molar-refractivity contribution in [2.75, 3.05) is 17.4 Å². The Morgan fingerprint density at radius 3 is 2.09 bits per heavy atom. The van der Waals surface area contributed by atoms with Crippen molar-refractivity contribution in [2.24, 2.45) is 0 Å². The molecule has 7 nitrogen and oxygen atoms in total. The standard InChI is InChI=1S/C34H36ClN3O4S/c1-4-36-34(40)32(21-27-14-7-5-8-15-27)37(23-28-16-12-11-13-25(28)2)33(39)24-38(29-20-19-26(3)31(35)22-29)43(41,42)30-17-9-6-10-18-30/h5-20,22,32H,4,21,23-24H2,1-3H3,(H,36,40). The quantitative estimate of drug-likeness (QED) is 0.214. The highest BCUT2D eigenvalue weighted by Gasteiger charge is 2.34. The van der Waals surface area contributed by atoms with E-state index in [-0.39, 0.29) is 29.5 Å². The van der Waals surface area contributed by atoms with Crippen molar-refractivity contribution in [1.29, 1.82) is 0 Å². The van der Waals surface area contributed by atoms with Gasteiger partial charge in [0.2, 0.25) is 11.8 Å². The molecule has 1 N–H and O–H groups in total. The average Bonchev–Trinajstić information content (AvgIpc) is 3.01. The van der Waals surface area contributed by atoms with Crippen LogP contribution in [-0.4, -0.2) is 44.3 Å². The molecule has 43 heavy (non-hydrogen) atoms. The van der Waals surface area contributed by atoms with Gasteiger partial charge in [-0.2, -0.15) is 0 Å². The van der Waals surface area contributed by atoms with E-state index in [1.54, 1.807) is 36.4 Å². The van der Waals surface area contributed by atoms with E-state index in [0.29, 0.717) is 11.6 Å². The van der Waals surface area contributed by atoms with E-state index in [2.05, 4.69) is 5.32 Å². The molecule has 0 aliphatic rings. The molecule has 0 bridgehead atoms. The van der Waals surface area contributed by atoms with Crippen LogP contribution in [-0.2, 0) is 32.6 Å². The molecule has 4 aromatic carbocycles. The molecule has 0 aromatic heterocycles. The predicted molar refractivity (Wildman–Crippen MR) is 172 cm³/mol. The summed E-state index contributed by atoms with van der Waals surface area (Å²) in [5, 5.41) is 3.25. The van der Waals surface area contributed by atoms with Crippen LogP contribution in [0.4, 0.5) is 5.69 Å². The molecule has 4 aromatic rings. The summed E-state index contributed by atoms with van der Waals surface area (Å²) in [5.74, 6) is -0.837. The summed E-state index contributed by atoms with van der Waals surface area (Å²) < 4.78 is 29.1. The zero-order valence-corrected chi connectivity index (χ0v) is 26.1. The number of likely N-dealkylation sites (N-methyl/N-ethyl adjacent to an activating group) is 1. The second kappa shape index (κ2) is 14.4. The molecule has 0 saturated heterocycles. The maximum Gasteiger partial charge on any atom is 0.264 e. The number of hydrogen-bond acceptors (Lipinski definition) is 4. The van der Waals surface area contributed by atoms with Gasteiger partial charge in [-0.15, -0.1) is 0 Å². The van der Waals surface area contributed by atoms with Crippen LogP contribution in [0.3, 0.4) is 0 Å².